The highest BCUT2D eigenvalue weighted by Gasteiger charge is 2.21. The fraction of sp³-hybridized carbons (Fsp3) is 0.462. The van der Waals surface area contributed by atoms with Crippen LogP contribution in [0.3, 0.4) is 0 Å². The molecule has 1 fully saturated rings. The number of rotatable bonds is 3. The van der Waals surface area contributed by atoms with Crippen molar-refractivity contribution in [2.45, 2.75) is 38.3 Å². The summed E-state index contributed by atoms with van der Waals surface area (Å²) >= 11 is 0. The van der Waals surface area contributed by atoms with Gasteiger partial charge in [-0.1, -0.05) is 6.07 Å². The number of hydrogen-bond donors (Lipinski definition) is 3. The molecule has 1 amide bonds. The minimum Gasteiger partial charge on any atom is -0.382 e. The van der Waals surface area contributed by atoms with Crippen LogP contribution in [0.25, 0.3) is 0 Å². The van der Waals surface area contributed by atoms with Crippen LogP contribution in [0.4, 0.5) is 11.4 Å². The van der Waals surface area contributed by atoms with Crippen molar-refractivity contribution >= 4 is 17.3 Å². The molecule has 2 rings (SSSR count). The Labute approximate surface area is 102 Å². The number of hydrogen-bond acceptors (Lipinski definition) is 3. The van der Waals surface area contributed by atoms with E-state index in [0.717, 1.165) is 30.6 Å². The van der Waals surface area contributed by atoms with E-state index in [9.17, 15) is 4.79 Å². The number of nitrogens with two attached hydrogens (primary N) is 1. The van der Waals surface area contributed by atoms with Gasteiger partial charge in [0.25, 0.3) is 0 Å². The van der Waals surface area contributed by atoms with Crippen LogP contribution in [0.15, 0.2) is 24.3 Å². The number of benzene rings is 1. The lowest BCUT2D eigenvalue weighted by Gasteiger charge is -2.14. The Morgan fingerprint density at radius 2 is 2.12 bits per heavy atom. The number of nitrogens with one attached hydrogen (secondary N) is 2. The molecule has 1 aromatic rings. The van der Waals surface area contributed by atoms with Crippen molar-refractivity contribution in [1.82, 2.24) is 0 Å². The van der Waals surface area contributed by atoms with E-state index in [4.69, 9.17) is 5.73 Å². The van der Waals surface area contributed by atoms with Crippen LogP contribution in [0, 0.1) is 0 Å². The van der Waals surface area contributed by atoms with E-state index in [1.807, 2.05) is 24.3 Å². The smallest absolute Gasteiger partial charge is 0.221 e. The molecule has 4 nitrogen and oxygen atoms in total. The third-order valence-electron chi connectivity index (χ3n) is 3.03. The van der Waals surface area contributed by atoms with Gasteiger partial charge in [0, 0.05) is 30.4 Å². The second-order valence-corrected chi connectivity index (χ2v) is 4.68. The van der Waals surface area contributed by atoms with Gasteiger partial charge in [-0.15, -0.1) is 0 Å². The Morgan fingerprint density at radius 1 is 1.35 bits per heavy atom. The van der Waals surface area contributed by atoms with Crippen molar-refractivity contribution in [3.63, 3.8) is 0 Å². The summed E-state index contributed by atoms with van der Waals surface area (Å²) in [5.41, 5.74) is 7.74. The van der Waals surface area contributed by atoms with E-state index >= 15 is 0 Å². The average molecular weight is 233 g/mol. The first-order valence-electron chi connectivity index (χ1n) is 6.03. The van der Waals surface area contributed by atoms with E-state index < -0.39 is 0 Å². The maximum atomic E-state index is 11.0. The van der Waals surface area contributed by atoms with Gasteiger partial charge < -0.3 is 16.4 Å². The predicted octanol–water partition coefficient (Wildman–Crippen LogP) is 1.94. The topological polar surface area (TPSA) is 67.2 Å². The Bertz CT molecular complexity index is 405. The van der Waals surface area contributed by atoms with E-state index in [-0.39, 0.29) is 5.91 Å². The van der Waals surface area contributed by atoms with Gasteiger partial charge in [0.1, 0.15) is 0 Å². The van der Waals surface area contributed by atoms with Gasteiger partial charge in [-0.3, -0.25) is 4.79 Å². The normalized spacial score (nSPS) is 23.4. The van der Waals surface area contributed by atoms with E-state index in [1.54, 1.807) is 0 Å². The summed E-state index contributed by atoms with van der Waals surface area (Å²) in [5.74, 6) is -0.0509. The Hall–Kier alpha value is -1.55. The molecule has 0 spiro atoms. The second kappa shape index (κ2) is 5.19. The van der Waals surface area contributed by atoms with Crippen molar-refractivity contribution in [3.05, 3.63) is 24.3 Å². The quantitative estimate of drug-likeness (QED) is 0.747. The highest BCUT2D eigenvalue weighted by atomic mass is 16.1. The molecule has 0 heterocycles. The molecule has 2 atom stereocenters. The Morgan fingerprint density at radius 3 is 2.76 bits per heavy atom. The van der Waals surface area contributed by atoms with Crippen molar-refractivity contribution in [2.75, 3.05) is 10.6 Å². The zero-order valence-corrected chi connectivity index (χ0v) is 10.1. The highest BCUT2D eigenvalue weighted by molar-refractivity contribution is 5.89. The van der Waals surface area contributed by atoms with Gasteiger partial charge in [0.2, 0.25) is 5.91 Å². The monoisotopic (exact) mass is 233 g/mol. The maximum Gasteiger partial charge on any atom is 0.221 e. The second-order valence-electron chi connectivity index (χ2n) is 4.68. The lowest BCUT2D eigenvalue weighted by Crippen LogP contribution is -2.20. The summed E-state index contributed by atoms with van der Waals surface area (Å²) in [4.78, 5) is 11.0. The Balaban J connectivity index is 1.98. The van der Waals surface area contributed by atoms with Gasteiger partial charge >= 0.3 is 0 Å². The third kappa shape index (κ3) is 3.46. The minimum absolute atomic E-state index is 0.0509. The van der Waals surface area contributed by atoms with Gasteiger partial charge in [0.15, 0.2) is 0 Å². The molecule has 4 N–H and O–H groups in total. The van der Waals surface area contributed by atoms with Crippen LogP contribution in [0.5, 0.6) is 0 Å². The summed E-state index contributed by atoms with van der Waals surface area (Å²) in [5, 5.41) is 6.23. The molecule has 0 saturated heterocycles. The zero-order valence-electron chi connectivity index (χ0n) is 10.1. The van der Waals surface area contributed by atoms with Crippen molar-refractivity contribution in [2.24, 2.45) is 5.73 Å². The standard InChI is InChI=1S/C13H19N3O/c1-9(17)15-11-3-2-4-12(8-11)16-13-6-5-10(14)7-13/h2-4,8,10,13,16H,5-7,14H2,1H3,(H,15,17). The number of anilines is 2. The highest BCUT2D eigenvalue weighted by Crippen LogP contribution is 2.23. The molecule has 0 bridgehead atoms. The molecule has 2 unspecified atom stereocenters. The number of carbonyl (C=O) groups excluding carboxylic acids is 1. The fourth-order valence-electron chi connectivity index (χ4n) is 2.27. The van der Waals surface area contributed by atoms with Crippen molar-refractivity contribution < 1.29 is 4.79 Å². The lowest BCUT2D eigenvalue weighted by atomic mass is 10.2. The average Bonchev–Trinajstić information content (AvgIpc) is 2.63. The number of carbonyl (C=O) groups is 1. The fourth-order valence-corrected chi connectivity index (χ4v) is 2.27. The maximum absolute atomic E-state index is 11.0. The molecule has 1 aliphatic rings. The lowest BCUT2D eigenvalue weighted by molar-refractivity contribution is -0.114. The molecule has 0 radical (unpaired) electrons. The molecule has 0 aliphatic heterocycles. The molecule has 0 aromatic heterocycles. The van der Waals surface area contributed by atoms with Crippen LogP contribution >= 0.6 is 0 Å². The molecular weight excluding hydrogens is 214 g/mol. The van der Waals surface area contributed by atoms with E-state index in [2.05, 4.69) is 10.6 Å². The van der Waals surface area contributed by atoms with Crippen LogP contribution in [-0.4, -0.2) is 18.0 Å². The summed E-state index contributed by atoms with van der Waals surface area (Å²) in [7, 11) is 0. The molecule has 1 aromatic carbocycles. The number of amides is 1. The van der Waals surface area contributed by atoms with Crippen molar-refractivity contribution in [3.8, 4) is 0 Å². The summed E-state index contributed by atoms with van der Waals surface area (Å²) in [6.07, 6.45) is 3.22. The van der Waals surface area contributed by atoms with Crippen LogP contribution in [-0.2, 0) is 4.79 Å². The molecule has 17 heavy (non-hydrogen) atoms. The predicted molar refractivity (Wildman–Crippen MR) is 70.0 cm³/mol. The van der Waals surface area contributed by atoms with E-state index in [0.29, 0.717) is 12.1 Å². The minimum atomic E-state index is -0.0509. The summed E-state index contributed by atoms with van der Waals surface area (Å²) < 4.78 is 0. The van der Waals surface area contributed by atoms with Gasteiger partial charge in [-0.05, 0) is 37.5 Å². The van der Waals surface area contributed by atoms with Crippen LogP contribution in [0.2, 0.25) is 0 Å². The van der Waals surface area contributed by atoms with Gasteiger partial charge in [0.05, 0.1) is 0 Å². The molecule has 92 valence electrons. The molecular formula is C13H19N3O. The summed E-state index contributed by atoms with van der Waals surface area (Å²) in [6, 6.07) is 8.55. The van der Waals surface area contributed by atoms with Crippen LogP contribution < -0.4 is 16.4 Å². The van der Waals surface area contributed by atoms with Gasteiger partial charge in [-0.25, -0.2) is 0 Å². The first kappa shape index (κ1) is 11.9. The molecule has 1 saturated carbocycles. The SMILES string of the molecule is CC(=O)Nc1cccc(NC2CCC(N)C2)c1. The van der Waals surface area contributed by atoms with Crippen LogP contribution in [0.1, 0.15) is 26.2 Å². The van der Waals surface area contributed by atoms with Gasteiger partial charge in [-0.2, -0.15) is 0 Å². The molecule has 4 heteroatoms. The Kier molecular flexibility index (Phi) is 3.64. The molecule has 1 aliphatic carbocycles. The third-order valence-corrected chi connectivity index (χ3v) is 3.03. The summed E-state index contributed by atoms with van der Waals surface area (Å²) in [6.45, 7) is 1.51. The zero-order chi connectivity index (χ0) is 12.3. The first-order valence-corrected chi connectivity index (χ1v) is 6.03. The van der Waals surface area contributed by atoms with E-state index in [1.165, 1.54) is 6.92 Å². The first-order chi connectivity index (χ1) is 8.13. The van der Waals surface area contributed by atoms with Crippen molar-refractivity contribution in [1.29, 1.82) is 0 Å². The largest absolute Gasteiger partial charge is 0.382 e.